The molecule has 1 nitrogen and oxygen atoms in total. The van der Waals surface area contributed by atoms with E-state index in [9.17, 15) is 4.79 Å². The molecular formula is C18H28O. The summed E-state index contributed by atoms with van der Waals surface area (Å²) in [6.07, 6.45) is 8.50. The summed E-state index contributed by atoms with van der Waals surface area (Å²) in [5.41, 5.74) is 2.77. The van der Waals surface area contributed by atoms with Gasteiger partial charge >= 0.3 is 0 Å². The van der Waals surface area contributed by atoms with Gasteiger partial charge in [-0.3, -0.25) is 0 Å². The monoisotopic (exact) mass is 260 g/mol. The lowest BCUT2D eigenvalue weighted by Crippen LogP contribution is -2.43. The highest BCUT2D eigenvalue weighted by Gasteiger charge is 2.45. The van der Waals surface area contributed by atoms with E-state index in [-0.39, 0.29) is 5.92 Å². The summed E-state index contributed by atoms with van der Waals surface area (Å²) in [4.78, 5) is 11.8. The summed E-state index contributed by atoms with van der Waals surface area (Å²) in [5.74, 6) is 3.09. The minimum atomic E-state index is 0.184. The van der Waals surface area contributed by atoms with E-state index < -0.39 is 0 Å². The summed E-state index contributed by atoms with van der Waals surface area (Å²) in [6, 6.07) is 0. The second kappa shape index (κ2) is 5.64. The van der Waals surface area contributed by atoms with E-state index in [4.69, 9.17) is 0 Å². The SMILES string of the molecule is C/C=C(/C)[C@@H]1C(C)=C[C@@H]2[C@H]([C@@H]1C=O)[C@@H](C)CC[C@@H]2C. The van der Waals surface area contributed by atoms with Crippen LogP contribution in [0.5, 0.6) is 0 Å². The molecule has 6 atom stereocenters. The van der Waals surface area contributed by atoms with Gasteiger partial charge in [-0.05, 0) is 50.9 Å². The standard InChI is InChI=1S/C18H28O/c1-6-11(2)17-14(5)9-15-12(3)7-8-13(4)18(15)16(17)10-19/h6,9-10,12-13,15-18H,7-8H2,1-5H3/b11-6-/t12-,13-,15-,16+,17+,18+/m0/s1. The molecule has 106 valence electrons. The minimum Gasteiger partial charge on any atom is -0.303 e. The van der Waals surface area contributed by atoms with Gasteiger partial charge in [0, 0.05) is 11.8 Å². The fourth-order valence-corrected chi connectivity index (χ4v) is 4.53. The highest BCUT2D eigenvalue weighted by molar-refractivity contribution is 5.58. The van der Waals surface area contributed by atoms with E-state index in [0.29, 0.717) is 23.7 Å². The van der Waals surface area contributed by atoms with Gasteiger partial charge in [0.2, 0.25) is 0 Å². The van der Waals surface area contributed by atoms with Crippen LogP contribution < -0.4 is 0 Å². The Labute approximate surface area is 118 Å². The van der Waals surface area contributed by atoms with Crippen molar-refractivity contribution in [2.75, 3.05) is 0 Å². The molecule has 0 spiro atoms. The molecule has 19 heavy (non-hydrogen) atoms. The highest BCUT2D eigenvalue weighted by Crippen LogP contribution is 2.51. The van der Waals surface area contributed by atoms with E-state index in [1.54, 1.807) is 0 Å². The van der Waals surface area contributed by atoms with Gasteiger partial charge in [0.15, 0.2) is 0 Å². The van der Waals surface area contributed by atoms with Crippen molar-refractivity contribution < 1.29 is 4.79 Å². The number of allylic oxidation sites excluding steroid dienone is 4. The van der Waals surface area contributed by atoms with E-state index in [1.165, 1.54) is 30.3 Å². The molecule has 0 aromatic carbocycles. The summed E-state index contributed by atoms with van der Waals surface area (Å²) in [6.45, 7) is 11.2. The number of hydrogen-bond donors (Lipinski definition) is 0. The molecule has 0 radical (unpaired) electrons. The number of hydrogen-bond acceptors (Lipinski definition) is 1. The Morgan fingerprint density at radius 1 is 1.26 bits per heavy atom. The predicted molar refractivity (Wildman–Crippen MR) is 80.8 cm³/mol. The first-order valence-corrected chi connectivity index (χ1v) is 7.77. The normalized spacial score (nSPS) is 43.4. The highest BCUT2D eigenvalue weighted by atomic mass is 16.1. The average Bonchev–Trinajstić information content (AvgIpc) is 2.40. The van der Waals surface area contributed by atoms with Crippen molar-refractivity contribution in [3.8, 4) is 0 Å². The number of fused-ring (bicyclic) bond motifs is 1. The van der Waals surface area contributed by atoms with Gasteiger partial charge in [-0.2, -0.15) is 0 Å². The van der Waals surface area contributed by atoms with E-state index in [0.717, 1.165) is 5.92 Å². The number of aldehydes is 1. The largest absolute Gasteiger partial charge is 0.303 e. The Hall–Kier alpha value is -0.850. The first kappa shape index (κ1) is 14.6. The third kappa shape index (κ3) is 2.44. The second-order valence-corrected chi connectivity index (χ2v) is 6.82. The first-order valence-electron chi connectivity index (χ1n) is 7.77. The second-order valence-electron chi connectivity index (χ2n) is 6.82. The molecule has 0 N–H and O–H groups in total. The summed E-state index contributed by atoms with van der Waals surface area (Å²) < 4.78 is 0. The van der Waals surface area contributed by atoms with Crippen molar-refractivity contribution >= 4 is 6.29 Å². The van der Waals surface area contributed by atoms with Crippen LogP contribution in [0.25, 0.3) is 0 Å². The van der Waals surface area contributed by atoms with Gasteiger partial charge in [0.05, 0.1) is 0 Å². The number of rotatable bonds is 2. The third-order valence-corrected chi connectivity index (χ3v) is 5.71. The molecule has 0 heterocycles. The van der Waals surface area contributed by atoms with Crippen LogP contribution in [0.3, 0.4) is 0 Å². The molecule has 2 aliphatic rings. The predicted octanol–water partition coefficient (Wildman–Crippen LogP) is 4.64. The van der Waals surface area contributed by atoms with Crippen LogP contribution in [0.15, 0.2) is 23.3 Å². The Balaban J connectivity index is 2.45. The van der Waals surface area contributed by atoms with E-state index >= 15 is 0 Å². The van der Waals surface area contributed by atoms with Gasteiger partial charge < -0.3 is 4.79 Å². The average molecular weight is 260 g/mol. The van der Waals surface area contributed by atoms with Crippen LogP contribution in [0.4, 0.5) is 0 Å². The maximum Gasteiger partial charge on any atom is 0.124 e. The zero-order valence-electron chi connectivity index (χ0n) is 13.0. The first-order chi connectivity index (χ1) is 9.01. The summed E-state index contributed by atoms with van der Waals surface area (Å²) >= 11 is 0. The van der Waals surface area contributed by atoms with Crippen molar-refractivity contribution in [1.82, 2.24) is 0 Å². The maximum absolute atomic E-state index is 11.8. The smallest absolute Gasteiger partial charge is 0.124 e. The minimum absolute atomic E-state index is 0.184. The summed E-state index contributed by atoms with van der Waals surface area (Å²) in [7, 11) is 0. The Kier molecular flexibility index (Phi) is 4.32. The lowest BCUT2D eigenvalue weighted by Gasteiger charge is -2.48. The van der Waals surface area contributed by atoms with E-state index in [1.807, 2.05) is 0 Å². The van der Waals surface area contributed by atoms with Crippen LogP contribution in [0.2, 0.25) is 0 Å². The molecule has 1 saturated carbocycles. The van der Waals surface area contributed by atoms with Crippen molar-refractivity contribution in [2.24, 2.45) is 35.5 Å². The lowest BCUT2D eigenvalue weighted by atomic mass is 9.56. The van der Waals surface area contributed by atoms with Crippen molar-refractivity contribution in [3.05, 3.63) is 23.3 Å². The molecule has 2 rings (SSSR count). The van der Waals surface area contributed by atoms with Crippen LogP contribution >= 0.6 is 0 Å². The van der Waals surface area contributed by atoms with Crippen LogP contribution in [0.1, 0.15) is 47.5 Å². The van der Waals surface area contributed by atoms with Crippen LogP contribution in [0, 0.1) is 35.5 Å². The van der Waals surface area contributed by atoms with Gasteiger partial charge in [0.1, 0.15) is 6.29 Å². The molecule has 1 heteroatoms. The fraction of sp³-hybridized carbons (Fsp3) is 0.722. The quantitative estimate of drug-likeness (QED) is 0.522. The number of carbonyl (C=O) groups is 1. The molecule has 0 aromatic rings. The van der Waals surface area contributed by atoms with Crippen molar-refractivity contribution in [3.63, 3.8) is 0 Å². The molecule has 0 amide bonds. The lowest BCUT2D eigenvalue weighted by molar-refractivity contribution is -0.116. The topological polar surface area (TPSA) is 17.1 Å². The molecule has 2 aliphatic carbocycles. The molecule has 0 aromatic heterocycles. The summed E-state index contributed by atoms with van der Waals surface area (Å²) in [5, 5.41) is 0. The molecule has 0 aliphatic heterocycles. The van der Waals surface area contributed by atoms with Gasteiger partial charge in [-0.25, -0.2) is 0 Å². The van der Waals surface area contributed by atoms with Crippen LogP contribution in [-0.4, -0.2) is 6.29 Å². The van der Waals surface area contributed by atoms with Crippen LogP contribution in [-0.2, 0) is 4.79 Å². The van der Waals surface area contributed by atoms with Gasteiger partial charge in [0.25, 0.3) is 0 Å². The van der Waals surface area contributed by atoms with E-state index in [2.05, 4.69) is 46.8 Å². The van der Waals surface area contributed by atoms with Crippen molar-refractivity contribution in [2.45, 2.75) is 47.5 Å². The van der Waals surface area contributed by atoms with Crippen molar-refractivity contribution in [1.29, 1.82) is 0 Å². The molecule has 1 fully saturated rings. The molecule has 0 unspecified atom stereocenters. The van der Waals surface area contributed by atoms with Gasteiger partial charge in [-0.15, -0.1) is 0 Å². The molecule has 0 saturated heterocycles. The maximum atomic E-state index is 11.8. The van der Waals surface area contributed by atoms with Gasteiger partial charge in [-0.1, -0.05) is 43.6 Å². The molecular weight excluding hydrogens is 232 g/mol. The zero-order valence-corrected chi connectivity index (χ0v) is 13.0. The Morgan fingerprint density at radius 3 is 2.47 bits per heavy atom. The Morgan fingerprint density at radius 2 is 1.89 bits per heavy atom. The number of carbonyl (C=O) groups excluding carboxylic acids is 1. The Bertz CT molecular complexity index is 404. The third-order valence-electron chi connectivity index (χ3n) is 5.71. The molecule has 0 bridgehead atoms. The fourth-order valence-electron chi connectivity index (χ4n) is 4.53. The zero-order chi connectivity index (χ0) is 14.2.